The van der Waals surface area contributed by atoms with Crippen LogP contribution in [0.1, 0.15) is 18.4 Å². The molecule has 0 heterocycles. The van der Waals surface area contributed by atoms with Crippen molar-refractivity contribution in [2.45, 2.75) is 19.4 Å². The lowest BCUT2D eigenvalue weighted by molar-refractivity contribution is -0.144. The van der Waals surface area contributed by atoms with Crippen molar-refractivity contribution in [1.29, 1.82) is 0 Å². The van der Waals surface area contributed by atoms with E-state index in [-0.39, 0.29) is 5.97 Å². The molecule has 0 spiro atoms. The Morgan fingerprint density at radius 1 is 1.33 bits per heavy atom. The van der Waals surface area contributed by atoms with Crippen molar-refractivity contribution in [2.24, 2.45) is 0 Å². The van der Waals surface area contributed by atoms with Gasteiger partial charge in [0.2, 0.25) is 0 Å². The van der Waals surface area contributed by atoms with Crippen LogP contribution in [-0.2, 0) is 16.1 Å². The van der Waals surface area contributed by atoms with Crippen LogP contribution < -0.4 is 0 Å². The van der Waals surface area contributed by atoms with Crippen LogP contribution in [0.5, 0.6) is 0 Å². The first-order valence-electron chi connectivity index (χ1n) is 5.01. The number of hydrogen-bond donors (Lipinski definition) is 0. The molecule has 0 N–H and O–H groups in total. The van der Waals surface area contributed by atoms with Gasteiger partial charge >= 0.3 is 5.97 Å². The zero-order valence-corrected chi connectivity index (χ0v) is 9.76. The third-order valence-corrected chi connectivity index (χ3v) is 2.67. The quantitative estimate of drug-likeness (QED) is 0.549. The van der Waals surface area contributed by atoms with Gasteiger partial charge in [0.15, 0.2) is 0 Å². The van der Waals surface area contributed by atoms with Crippen LogP contribution in [-0.4, -0.2) is 18.0 Å². The van der Waals surface area contributed by atoms with Crippen LogP contribution in [0.4, 0.5) is 0 Å². The van der Waals surface area contributed by atoms with Crippen molar-refractivity contribution in [3.8, 4) is 0 Å². The van der Waals surface area contributed by atoms with Crippen LogP contribution in [0.25, 0.3) is 0 Å². The molecule has 1 rings (SSSR count). The summed E-state index contributed by atoms with van der Waals surface area (Å²) in [5.74, 6) is 0.911. The molecule has 3 heteroatoms. The van der Waals surface area contributed by atoms with Gasteiger partial charge in [-0.3, -0.25) is 4.79 Å². The van der Waals surface area contributed by atoms with Gasteiger partial charge < -0.3 is 4.74 Å². The molecule has 0 aromatic heterocycles. The standard InChI is InChI=1S/C12H16O2S/c1-15-9-5-8-12(13)14-10-11-6-3-2-4-7-11/h2-4,6-7H,5,8-10H2,1H3. The normalized spacial score (nSPS) is 9.93. The van der Waals surface area contributed by atoms with E-state index in [9.17, 15) is 4.79 Å². The summed E-state index contributed by atoms with van der Waals surface area (Å²) in [6.45, 7) is 0.388. The van der Waals surface area contributed by atoms with Crippen molar-refractivity contribution >= 4 is 17.7 Å². The number of thioether (sulfide) groups is 1. The highest BCUT2D eigenvalue weighted by molar-refractivity contribution is 7.98. The van der Waals surface area contributed by atoms with E-state index in [1.54, 1.807) is 11.8 Å². The Labute approximate surface area is 95.0 Å². The molecule has 0 atom stereocenters. The summed E-state index contributed by atoms with van der Waals surface area (Å²) in [7, 11) is 0. The Bertz CT molecular complexity index is 285. The molecule has 0 aliphatic rings. The molecule has 0 aliphatic carbocycles. The van der Waals surface area contributed by atoms with Gasteiger partial charge in [-0.2, -0.15) is 11.8 Å². The fourth-order valence-corrected chi connectivity index (χ4v) is 1.60. The van der Waals surface area contributed by atoms with E-state index in [1.165, 1.54) is 0 Å². The zero-order valence-electron chi connectivity index (χ0n) is 8.94. The first-order valence-corrected chi connectivity index (χ1v) is 6.41. The van der Waals surface area contributed by atoms with Crippen LogP contribution in [0.2, 0.25) is 0 Å². The third kappa shape index (κ3) is 5.47. The average molecular weight is 224 g/mol. The van der Waals surface area contributed by atoms with Gasteiger partial charge in [0.05, 0.1) is 0 Å². The molecule has 0 radical (unpaired) electrons. The maximum atomic E-state index is 11.3. The average Bonchev–Trinajstić information content (AvgIpc) is 2.28. The minimum absolute atomic E-state index is 0.104. The maximum Gasteiger partial charge on any atom is 0.306 e. The van der Waals surface area contributed by atoms with Gasteiger partial charge in [0.1, 0.15) is 6.61 Å². The Hall–Kier alpha value is -0.960. The van der Waals surface area contributed by atoms with Crippen LogP contribution >= 0.6 is 11.8 Å². The second kappa shape index (κ2) is 7.35. The molecular weight excluding hydrogens is 208 g/mol. The zero-order chi connectivity index (χ0) is 10.9. The molecular formula is C12H16O2S. The first kappa shape index (κ1) is 12.1. The second-order valence-electron chi connectivity index (χ2n) is 3.24. The molecule has 1 aromatic rings. The number of rotatable bonds is 6. The smallest absolute Gasteiger partial charge is 0.306 e. The Morgan fingerprint density at radius 3 is 2.73 bits per heavy atom. The lowest BCUT2D eigenvalue weighted by Crippen LogP contribution is -2.04. The molecule has 2 nitrogen and oxygen atoms in total. The molecule has 0 bridgehead atoms. The highest BCUT2D eigenvalue weighted by atomic mass is 32.2. The molecule has 0 unspecified atom stereocenters. The van der Waals surface area contributed by atoms with E-state index in [0.29, 0.717) is 13.0 Å². The van der Waals surface area contributed by atoms with Crippen molar-refractivity contribution in [1.82, 2.24) is 0 Å². The van der Waals surface area contributed by atoms with Crippen LogP contribution in [0.3, 0.4) is 0 Å². The van der Waals surface area contributed by atoms with E-state index < -0.39 is 0 Å². The maximum absolute atomic E-state index is 11.3. The first-order chi connectivity index (χ1) is 7.33. The van der Waals surface area contributed by atoms with Crippen molar-refractivity contribution in [2.75, 3.05) is 12.0 Å². The minimum Gasteiger partial charge on any atom is -0.461 e. The van der Waals surface area contributed by atoms with Gasteiger partial charge in [0.25, 0.3) is 0 Å². The topological polar surface area (TPSA) is 26.3 Å². The lowest BCUT2D eigenvalue weighted by atomic mass is 10.2. The molecule has 0 aliphatic heterocycles. The summed E-state index contributed by atoms with van der Waals surface area (Å²) < 4.78 is 5.13. The number of hydrogen-bond acceptors (Lipinski definition) is 3. The van der Waals surface area contributed by atoms with Crippen molar-refractivity contribution in [3.63, 3.8) is 0 Å². The highest BCUT2D eigenvalue weighted by Gasteiger charge is 2.02. The Morgan fingerprint density at radius 2 is 2.07 bits per heavy atom. The van der Waals surface area contributed by atoms with E-state index >= 15 is 0 Å². The van der Waals surface area contributed by atoms with Gasteiger partial charge in [-0.15, -0.1) is 0 Å². The monoisotopic (exact) mass is 224 g/mol. The fourth-order valence-electron chi connectivity index (χ4n) is 1.17. The van der Waals surface area contributed by atoms with E-state index in [0.717, 1.165) is 17.7 Å². The molecule has 0 saturated heterocycles. The summed E-state index contributed by atoms with van der Waals surface area (Å²) >= 11 is 1.75. The van der Waals surface area contributed by atoms with Crippen molar-refractivity contribution < 1.29 is 9.53 Å². The molecule has 0 saturated carbocycles. The van der Waals surface area contributed by atoms with Gasteiger partial charge in [-0.1, -0.05) is 30.3 Å². The Balaban J connectivity index is 2.17. The van der Waals surface area contributed by atoms with Gasteiger partial charge in [-0.05, 0) is 24.0 Å². The van der Waals surface area contributed by atoms with E-state index in [1.807, 2.05) is 36.6 Å². The molecule has 1 aromatic carbocycles. The third-order valence-electron chi connectivity index (χ3n) is 1.97. The summed E-state index contributed by atoms with van der Waals surface area (Å²) in [5, 5.41) is 0. The molecule has 82 valence electrons. The number of ether oxygens (including phenoxy) is 1. The lowest BCUT2D eigenvalue weighted by Gasteiger charge is -2.04. The molecule has 0 amide bonds. The van der Waals surface area contributed by atoms with Crippen LogP contribution in [0.15, 0.2) is 30.3 Å². The Kier molecular flexibility index (Phi) is 5.93. The van der Waals surface area contributed by atoms with E-state index in [2.05, 4.69) is 0 Å². The predicted octanol–water partition coefficient (Wildman–Crippen LogP) is 2.87. The summed E-state index contributed by atoms with van der Waals surface area (Å²) in [6.07, 6.45) is 3.46. The summed E-state index contributed by atoms with van der Waals surface area (Å²) in [5.41, 5.74) is 1.04. The van der Waals surface area contributed by atoms with Crippen LogP contribution in [0, 0.1) is 0 Å². The fraction of sp³-hybridized carbons (Fsp3) is 0.417. The van der Waals surface area contributed by atoms with Gasteiger partial charge in [-0.25, -0.2) is 0 Å². The minimum atomic E-state index is -0.104. The SMILES string of the molecule is CSCCCC(=O)OCc1ccccc1. The second-order valence-corrected chi connectivity index (χ2v) is 4.23. The number of benzene rings is 1. The number of esters is 1. The summed E-state index contributed by atoms with van der Waals surface area (Å²) in [4.78, 5) is 11.3. The van der Waals surface area contributed by atoms with E-state index in [4.69, 9.17) is 4.74 Å². The highest BCUT2D eigenvalue weighted by Crippen LogP contribution is 2.04. The van der Waals surface area contributed by atoms with Gasteiger partial charge in [0, 0.05) is 6.42 Å². The number of carbonyl (C=O) groups is 1. The molecule has 0 fully saturated rings. The predicted molar refractivity (Wildman–Crippen MR) is 63.9 cm³/mol. The molecule has 15 heavy (non-hydrogen) atoms. The number of carbonyl (C=O) groups excluding carboxylic acids is 1. The van der Waals surface area contributed by atoms with Crippen molar-refractivity contribution in [3.05, 3.63) is 35.9 Å². The summed E-state index contributed by atoms with van der Waals surface area (Å²) in [6, 6.07) is 9.74. The largest absolute Gasteiger partial charge is 0.461 e.